The fourth-order valence-electron chi connectivity index (χ4n) is 2.24. The first-order chi connectivity index (χ1) is 12.3. The molecule has 0 fully saturated rings. The van der Waals surface area contributed by atoms with E-state index in [2.05, 4.69) is 0 Å². The minimum atomic E-state index is -4.13. The summed E-state index contributed by atoms with van der Waals surface area (Å²) in [6, 6.07) is 12.8. The molecule has 0 radical (unpaired) electrons. The number of benzene rings is 2. The molecular weight excluding hydrogens is 355 g/mol. The summed E-state index contributed by atoms with van der Waals surface area (Å²) in [7, 11) is 0. The molecule has 0 heterocycles. The summed E-state index contributed by atoms with van der Waals surface area (Å²) >= 11 is 0. The van der Waals surface area contributed by atoms with Crippen LogP contribution in [0.25, 0.3) is 0 Å². The first-order valence-corrected chi connectivity index (χ1v) is 8.18. The van der Waals surface area contributed by atoms with Crippen LogP contribution < -0.4 is 9.47 Å². The molecule has 2 rings (SSSR count). The third kappa shape index (κ3) is 6.90. The highest BCUT2D eigenvalue weighted by atomic mass is 19.4. The van der Waals surface area contributed by atoms with Crippen molar-refractivity contribution < 1.29 is 31.4 Å². The quantitative estimate of drug-likeness (QED) is 0.378. The maximum Gasteiger partial charge on any atom is 0.426 e. The molecule has 0 saturated heterocycles. The van der Waals surface area contributed by atoms with Crippen molar-refractivity contribution >= 4 is 0 Å². The fraction of sp³-hybridized carbons (Fsp3) is 0.368. The largest absolute Gasteiger partial charge is 0.494 e. The Hall–Kier alpha value is -2.31. The fourth-order valence-corrected chi connectivity index (χ4v) is 2.24. The van der Waals surface area contributed by atoms with Gasteiger partial charge in [0.25, 0.3) is 0 Å². The Bertz CT molecular complexity index is 654. The number of halogens is 5. The van der Waals surface area contributed by atoms with E-state index in [-0.39, 0.29) is 24.3 Å². The molecule has 26 heavy (non-hydrogen) atoms. The summed E-state index contributed by atoms with van der Waals surface area (Å²) < 4.78 is 74.1. The van der Waals surface area contributed by atoms with E-state index < -0.39 is 18.7 Å². The number of hydrogen-bond donors (Lipinski definition) is 0. The van der Waals surface area contributed by atoms with Gasteiger partial charge < -0.3 is 9.47 Å². The van der Waals surface area contributed by atoms with Crippen LogP contribution in [0.1, 0.15) is 31.2 Å². The Balaban J connectivity index is 1.76. The molecule has 0 amide bonds. The van der Waals surface area contributed by atoms with Crippen LogP contribution in [-0.4, -0.2) is 12.8 Å². The lowest BCUT2D eigenvalue weighted by Gasteiger charge is -2.18. The normalized spacial score (nSPS) is 12.0. The van der Waals surface area contributed by atoms with Crippen LogP contribution in [-0.2, 0) is 6.11 Å². The molecule has 0 aliphatic heterocycles. The molecule has 0 unspecified atom stereocenters. The van der Waals surface area contributed by atoms with E-state index in [1.165, 1.54) is 48.5 Å². The van der Waals surface area contributed by atoms with Gasteiger partial charge in [-0.2, -0.15) is 22.0 Å². The Morgan fingerprint density at radius 3 is 1.92 bits per heavy atom. The van der Waals surface area contributed by atoms with E-state index in [9.17, 15) is 22.0 Å². The zero-order chi connectivity index (χ0) is 19.0. The van der Waals surface area contributed by atoms with Gasteiger partial charge in [-0.25, -0.2) is 0 Å². The first kappa shape index (κ1) is 20.0. The highest BCUT2D eigenvalue weighted by Crippen LogP contribution is 2.32. The number of rotatable bonds is 9. The van der Waals surface area contributed by atoms with Crippen LogP contribution in [0.2, 0.25) is 0 Å². The van der Waals surface area contributed by atoms with Crippen molar-refractivity contribution in [2.45, 2.75) is 38.0 Å². The smallest absolute Gasteiger partial charge is 0.426 e. The average molecular weight is 374 g/mol. The van der Waals surface area contributed by atoms with Gasteiger partial charge in [-0.15, -0.1) is 0 Å². The molecule has 0 saturated carbocycles. The molecule has 0 aliphatic rings. The van der Waals surface area contributed by atoms with Crippen molar-refractivity contribution in [1.82, 2.24) is 0 Å². The topological polar surface area (TPSA) is 18.5 Å². The SMILES string of the molecule is FC(F)(F)CCCCCOc1ccc(OC(F)(F)c2ccccc2)cc1. The van der Waals surface area contributed by atoms with Crippen molar-refractivity contribution in [3.8, 4) is 11.5 Å². The van der Waals surface area contributed by atoms with E-state index >= 15 is 0 Å². The van der Waals surface area contributed by atoms with Gasteiger partial charge in [0, 0.05) is 6.42 Å². The minimum Gasteiger partial charge on any atom is -0.494 e. The molecular formula is C19H19F5O2. The lowest BCUT2D eigenvalue weighted by Crippen LogP contribution is -2.21. The average Bonchev–Trinajstić information content (AvgIpc) is 2.59. The zero-order valence-corrected chi connectivity index (χ0v) is 13.9. The Morgan fingerprint density at radius 2 is 1.31 bits per heavy atom. The maximum atomic E-state index is 14.0. The van der Waals surface area contributed by atoms with Gasteiger partial charge in [0.15, 0.2) is 0 Å². The molecule has 142 valence electrons. The molecule has 2 aromatic carbocycles. The standard InChI is InChI=1S/C19H19F5O2/c20-18(21,22)13-5-2-6-14-25-16-9-11-17(12-10-16)26-19(23,24)15-7-3-1-4-8-15/h1,3-4,7-12H,2,5-6,13-14H2. The maximum absolute atomic E-state index is 14.0. The number of ether oxygens (including phenoxy) is 2. The Morgan fingerprint density at radius 1 is 0.692 bits per heavy atom. The van der Waals surface area contributed by atoms with Crippen molar-refractivity contribution in [1.29, 1.82) is 0 Å². The van der Waals surface area contributed by atoms with Gasteiger partial charge in [0.2, 0.25) is 0 Å². The van der Waals surface area contributed by atoms with Gasteiger partial charge in [-0.05, 0) is 55.7 Å². The Labute approximate surface area is 148 Å². The molecule has 2 nitrogen and oxygen atoms in total. The van der Waals surface area contributed by atoms with Gasteiger partial charge in [0.05, 0.1) is 12.2 Å². The number of hydrogen-bond acceptors (Lipinski definition) is 2. The third-order valence-corrected chi connectivity index (χ3v) is 3.55. The second kappa shape index (κ2) is 8.87. The highest BCUT2D eigenvalue weighted by molar-refractivity contribution is 5.32. The summed E-state index contributed by atoms with van der Waals surface area (Å²) in [6.07, 6.45) is -7.42. The van der Waals surface area contributed by atoms with Crippen LogP contribution in [0, 0.1) is 0 Å². The first-order valence-electron chi connectivity index (χ1n) is 8.18. The third-order valence-electron chi connectivity index (χ3n) is 3.55. The van der Waals surface area contributed by atoms with E-state index in [0.29, 0.717) is 18.6 Å². The van der Waals surface area contributed by atoms with Crippen LogP contribution >= 0.6 is 0 Å². The van der Waals surface area contributed by atoms with Gasteiger partial charge in [-0.3, -0.25) is 0 Å². The second-order valence-corrected chi connectivity index (χ2v) is 5.73. The lowest BCUT2D eigenvalue weighted by atomic mass is 10.2. The monoisotopic (exact) mass is 374 g/mol. The number of alkyl halides is 5. The second-order valence-electron chi connectivity index (χ2n) is 5.73. The molecule has 0 aliphatic carbocycles. The molecule has 0 aromatic heterocycles. The number of unbranched alkanes of at least 4 members (excludes halogenated alkanes) is 2. The molecule has 2 aromatic rings. The van der Waals surface area contributed by atoms with E-state index in [0.717, 1.165) is 0 Å². The predicted molar refractivity (Wildman–Crippen MR) is 87.4 cm³/mol. The van der Waals surface area contributed by atoms with Gasteiger partial charge in [-0.1, -0.05) is 18.2 Å². The zero-order valence-electron chi connectivity index (χ0n) is 13.9. The Kier molecular flexibility index (Phi) is 6.83. The summed E-state index contributed by atoms with van der Waals surface area (Å²) in [4.78, 5) is 0. The highest BCUT2D eigenvalue weighted by Gasteiger charge is 2.34. The van der Waals surface area contributed by atoms with Crippen molar-refractivity contribution in [3.05, 3.63) is 60.2 Å². The summed E-state index contributed by atoms with van der Waals surface area (Å²) in [5, 5.41) is 0. The predicted octanol–water partition coefficient (Wildman–Crippen LogP) is 6.32. The molecule has 0 spiro atoms. The van der Waals surface area contributed by atoms with Crippen molar-refractivity contribution in [2.75, 3.05) is 6.61 Å². The summed E-state index contributed by atoms with van der Waals surface area (Å²) in [5.74, 6) is 0.424. The van der Waals surface area contributed by atoms with Crippen LogP contribution in [0.3, 0.4) is 0 Å². The van der Waals surface area contributed by atoms with Crippen molar-refractivity contribution in [3.63, 3.8) is 0 Å². The van der Waals surface area contributed by atoms with Gasteiger partial charge in [0.1, 0.15) is 11.5 Å². The minimum absolute atomic E-state index is 0.0172. The molecule has 7 heteroatoms. The van der Waals surface area contributed by atoms with Crippen LogP contribution in [0.15, 0.2) is 54.6 Å². The van der Waals surface area contributed by atoms with Crippen molar-refractivity contribution in [2.24, 2.45) is 0 Å². The van der Waals surface area contributed by atoms with E-state index in [1.54, 1.807) is 6.07 Å². The lowest BCUT2D eigenvalue weighted by molar-refractivity contribution is -0.185. The summed E-state index contributed by atoms with van der Waals surface area (Å²) in [5.41, 5.74) is -0.251. The molecule has 0 bridgehead atoms. The molecule has 0 N–H and O–H groups in total. The molecule has 0 atom stereocenters. The summed E-state index contributed by atoms with van der Waals surface area (Å²) in [6.45, 7) is 0.262. The van der Waals surface area contributed by atoms with E-state index in [1.807, 2.05) is 0 Å². The van der Waals surface area contributed by atoms with Crippen LogP contribution in [0.5, 0.6) is 11.5 Å². The van der Waals surface area contributed by atoms with E-state index in [4.69, 9.17) is 9.47 Å². The van der Waals surface area contributed by atoms with Crippen LogP contribution in [0.4, 0.5) is 22.0 Å². The van der Waals surface area contributed by atoms with Gasteiger partial charge >= 0.3 is 12.3 Å².